The van der Waals surface area contributed by atoms with Gasteiger partial charge in [-0.05, 0) is 19.6 Å². The topological polar surface area (TPSA) is 44.7 Å². The molecule has 0 aromatic heterocycles. The highest BCUT2D eigenvalue weighted by molar-refractivity contribution is 5.95. The van der Waals surface area contributed by atoms with Crippen LogP contribution in [0.3, 0.4) is 0 Å². The van der Waals surface area contributed by atoms with Gasteiger partial charge in [0.15, 0.2) is 0 Å². The van der Waals surface area contributed by atoms with Crippen LogP contribution in [0.2, 0.25) is 0 Å². The molecular formula is C10H15N3O. The van der Waals surface area contributed by atoms with Crippen LogP contribution in [0.15, 0.2) is 16.4 Å². The average Bonchev–Trinajstić information content (AvgIpc) is 2.13. The molecule has 1 saturated carbocycles. The maximum Gasteiger partial charge on any atom is 0.271 e. The standard InChI is InChI=1S/C10H15N3O/c1-11-8-6-4-5-7(6)13(3)10(14)9(8)12-2/h6-7,12H,1,4-5H2,2-3H3/t6-,7?/m1/s1. The van der Waals surface area contributed by atoms with Crippen LogP contribution in [0.4, 0.5) is 0 Å². The number of carbonyl (C=O) groups excluding carboxylic acids is 1. The molecule has 2 atom stereocenters. The minimum atomic E-state index is 0.0378. The van der Waals surface area contributed by atoms with Gasteiger partial charge in [0.1, 0.15) is 5.70 Å². The summed E-state index contributed by atoms with van der Waals surface area (Å²) in [4.78, 5) is 17.6. The van der Waals surface area contributed by atoms with Crippen molar-refractivity contribution in [3.05, 3.63) is 11.4 Å². The van der Waals surface area contributed by atoms with Crippen LogP contribution in [-0.2, 0) is 4.79 Å². The van der Waals surface area contributed by atoms with Crippen molar-refractivity contribution in [1.29, 1.82) is 0 Å². The van der Waals surface area contributed by atoms with Gasteiger partial charge in [-0.25, -0.2) is 0 Å². The van der Waals surface area contributed by atoms with E-state index in [1.807, 2.05) is 11.9 Å². The maximum absolute atomic E-state index is 11.8. The minimum absolute atomic E-state index is 0.0378. The number of aliphatic imine (C=N–C) groups is 1. The first-order valence-corrected chi connectivity index (χ1v) is 4.86. The molecule has 0 aromatic carbocycles. The Morgan fingerprint density at radius 1 is 1.57 bits per heavy atom. The number of likely N-dealkylation sites (N-methyl/N-ethyl adjacent to an activating group) is 2. The van der Waals surface area contributed by atoms with Gasteiger partial charge in [-0.2, -0.15) is 0 Å². The molecule has 0 radical (unpaired) electrons. The summed E-state index contributed by atoms with van der Waals surface area (Å²) in [5, 5.41) is 2.92. The van der Waals surface area contributed by atoms with Crippen molar-refractivity contribution in [1.82, 2.24) is 10.2 Å². The van der Waals surface area contributed by atoms with Crippen molar-refractivity contribution in [3.8, 4) is 0 Å². The van der Waals surface area contributed by atoms with Gasteiger partial charge in [-0.1, -0.05) is 0 Å². The second kappa shape index (κ2) is 3.12. The molecule has 1 amide bonds. The number of fused-ring (bicyclic) bond motifs is 1. The van der Waals surface area contributed by atoms with Gasteiger partial charge >= 0.3 is 0 Å². The molecule has 1 heterocycles. The summed E-state index contributed by atoms with van der Waals surface area (Å²) in [5.74, 6) is 0.438. The molecule has 0 aromatic rings. The third-order valence-electron chi connectivity index (χ3n) is 3.30. The van der Waals surface area contributed by atoms with E-state index in [0.717, 1.165) is 18.5 Å². The van der Waals surface area contributed by atoms with Gasteiger partial charge < -0.3 is 10.2 Å². The number of hydrogen-bond donors (Lipinski definition) is 1. The van der Waals surface area contributed by atoms with E-state index in [0.29, 0.717) is 17.7 Å². The Bertz CT molecular complexity index is 321. The van der Waals surface area contributed by atoms with Crippen molar-refractivity contribution in [2.24, 2.45) is 10.9 Å². The van der Waals surface area contributed by atoms with E-state index in [4.69, 9.17) is 0 Å². The molecule has 0 saturated heterocycles. The van der Waals surface area contributed by atoms with Crippen LogP contribution < -0.4 is 5.32 Å². The highest BCUT2D eigenvalue weighted by atomic mass is 16.2. The van der Waals surface area contributed by atoms with Crippen LogP contribution in [0.1, 0.15) is 12.8 Å². The Hall–Kier alpha value is -1.32. The number of nitrogens with one attached hydrogen (secondary N) is 1. The molecule has 1 unspecified atom stereocenters. The molecule has 1 fully saturated rings. The van der Waals surface area contributed by atoms with Gasteiger partial charge in [0, 0.05) is 26.1 Å². The average molecular weight is 193 g/mol. The number of nitrogens with zero attached hydrogens (tertiary/aromatic N) is 2. The molecule has 4 heteroatoms. The van der Waals surface area contributed by atoms with E-state index in [1.54, 1.807) is 7.05 Å². The number of carbonyl (C=O) groups is 1. The molecular weight excluding hydrogens is 178 g/mol. The van der Waals surface area contributed by atoms with Crippen LogP contribution in [0.5, 0.6) is 0 Å². The molecule has 76 valence electrons. The zero-order chi connectivity index (χ0) is 10.3. The lowest BCUT2D eigenvalue weighted by atomic mass is 9.73. The first-order valence-electron chi connectivity index (χ1n) is 4.86. The monoisotopic (exact) mass is 193 g/mol. The van der Waals surface area contributed by atoms with Crippen LogP contribution in [0.25, 0.3) is 0 Å². The van der Waals surface area contributed by atoms with Crippen molar-refractivity contribution >= 4 is 12.6 Å². The molecule has 1 N–H and O–H groups in total. The van der Waals surface area contributed by atoms with E-state index >= 15 is 0 Å². The summed E-state index contributed by atoms with van der Waals surface area (Å²) in [5.41, 5.74) is 1.47. The first kappa shape index (κ1) is 9.24. The second-order valence-corrected chi connectivity index (χ2v) is 3.84. The third kappa shape index (κ3) is 0.997. The number of amides is 1. The largest absolute Gasteiger partial charge is 0.382 e. The highest BCUT2D eigenvalue weighted by Crippen LogP contribution is 2.41. The molecule has 0 spiro atoms. The summed E-state index contributed by atoms with van der Waals surface area (Å²) in [7, 11) is 3.61. The fourth-order valence-corrected chi connectivity index (χ4v) is 2.32. The van der Waals surface area contributed by atoms with Gasteiger partial charge in [-0.3, -0.25) is 9.79 Å². The summed E-state index contributed by atoms with van der Waals surface area (Å²) in [6.45, 7) is 3.54. The first-order chi connectivity index (χ1) is 6.70. The van der Waals surface area contributed by atoms with Crippen LogP contribution in [0, 0.1) is 5.92 Å². The molecule has 4 nitrogen and oxygen atoms in total. The van der Waals surface area contributed by atoms with Crippen LogP contribution >= 0.6 is 0 Å². The van der Waals surface area contributed by atoms with E-state index in [2.05, 4.69) is 17.0 Å². The van der Waals surface area contributed by atoms with E-state index in [1.165, 1.54) is 0 Å². The van der Waals surface area contributed by atoms with Gasteiger partial charge in [0.05, 0.1) is 5.70 Å². The van der Waals surface area contributed by atoms with Gasteiger partial charge in [0.2, 0.25) is 0 Å². The predicted octanol–water partition coefficient (Wildman–Crippen LogP) is 0.369. The zero-order valence-corrected chi connectivity index (χ0v) is 8.58. The Balaban J connectivity index is 2.43. The Kier molecular flexibility index (Phi) is 2.06. The quantitative estimate of drug-likeness (QED) is 0.644. The Morgan fingerprint density at radius 2 is 2.29 bits per heavy atom. The van der Waals surface area contributed by atoms with Crippen molar-refractivity contribution in [3.63, 3.8) is 0 Å². The SMILES string of the molecule is C=NC1=C(NC)C(=O)N(C)C2CC[C@@H]12. The third-order valence-corrected chi connectivity index (χ3v) is 3.30. The minimum Gasteiger partial charge on any atom is -0.382 e. The summed E-state index contributed by atoms with van der Waals surface area (Å²) in [6, 6.07) is 0.347. The normalized spacial score (nSPS) is 31.0. The second-order valence-electron chi connectivity index (χ2n) is 3.84. The fraction of sp³-hybridized carbons (Fsp3) is 0.600. The molecule has 1 aliphatic carbocycles. The zero-order valence-electron chi connectivity index (χ0n) is 8.58. The number of hydrogen-bond acceptors (Lipinski definition) is 3. The molecule has 2 rings (SSSR count). The Morgan fingerprint density at radius 3 is 2.71 bits per heavy atom. The van der Waals surface area contributed by atoms with E-state index in [-0.39, 0.29) is 5.91 Å². The number of rotatable bonds is 2. The highest BCUT2D eigenvalue weighted by Gasteiger charge is 2.44. The van der Waals surface area contributed by atoms with Crippen molar-refractivity contribution in [2.75, 3.05) is 14.1 Å². The Labute approximate surface area is 83.7 Å². The predicted molar refractivity (Wildman–Crippen MR) is 54.9 cm³/mol. The lowest BCUT2D eigenvalue weighted by molar-refractivity contribution is -0.132. The van der Waals surface area contributed by atoms with Crippen molar-refractivity contribution < 1.29 is 4.79 Å². The maximum atomic E-state index is 11.8. The summed E-state index contributed by atoms with van der Waals surface area (Å²) in [6.07, 6.45) is 2.20. The van der Waals surface area contributed by atoms with Gasteiger partial charge in [0.25, 0.3) is 5.91 Å². The lowest BCUT2D eigenvalue weighted by Gasteiger charge is -2.46. The van der Waals surface area contributed by atoms with E-state index in [9.17, 15) is 4.79 Å². The molecule has 2 aliphatic rings. The van der Waals surface area contributed by atoms with Crippen LogP contribution in [-0.4, -0.2) is 37.7 Å². The van der Waals surface area contributed by atoms with E-state index < -0.39 is 0 Å². The fourth-order valence-electron chi connectivity index (χ4n) is 2.32. The molecule has 0 bridgehead atoms. The smallest absolute Gasteiger partial charge is 0.271 e. The van der Waals surface area contributed by atoms with Crippen molar-refractivity contribution in [2.45, 2.75) is 18.9 Å². The molecule has 14 heavy (non-hydrogen) atoms. The summed E-state index contributed by atoms with van der Waals surface area (Å²) < 4.78 is 0. The molecule has 1 aliphatic heterocycles. The lowest BCUT2D eigenvalue weighted by Crippen LogP contribution is -2.54. The van der Waals surface area contributed by atoms with Gasteiger partial charge in [-0.15, -0.1) is 0 Å². The summed E-state index contributed by atoms with van der Waals surface area (Å²) >= 11 is 0.